The van der Waals surface area contributed by atoms with Crippen LogP contribution in [0.5, 0.6) is 0 Å². The molecule has 0 fully saturated rings. The number of rotatable bonds is 3. The third-order valence-electron chi connectivity index (χ3n) is 1.39. The Labute approximate surface area is 78.2 Å². The molecule has 0 spiro atoms. The number of carboxylic acid groups (broad SMARTS) is 1. The van der Waals surface area contributed by atoms with Gasteiger partial charge in [-0.3, -0.25) is 10.5 Å². The molecule has 0 radical (unpaired) electrons. The first kappa shape index (κ1) is 9.53. The SMILES string of the molecule is N=C(N)Cc1c(C(=O)O)n[nH]c1Cl. The summed E-state index contributed by atoms with van der Waals surface area (Å²) in [6.07, 6.45) is -0.0169. The summed E-state index contributed by atoms with van der Waals surface area (Å²) in [5.41, 5.74) is 5.16. The summed E-state index contributed by atoms with van der Waals surface area (Å²) in [4.78, 5) is 10.6. The first-order valence-electron chi connectivity index (χ1n) is 3.31. The van der Waals surface area contributed by atoms with E-state index in [0.717, 1.165) is 0 Å². The highest BCUT2D eigenvalue weighted by molar-refractivity contribution is 6.30. The molecular formula is C6H7ClN4O2. The fourth-order valence-corrected chi connectivity index (χ4v) is 1.07. The lowest BCUT2D eigenvalue weighted by atomic mass is 10.2. The maximum absolute atomic E-state index is 10.6. The second-order valence-electron chi connectivity index (χ2n) is 2.37. The van der Waals surface area contributed by atoms with Gasteiger partial charge >= 0.3 is 5.97 Å². The van der Waals surface area contributed by atoms with Crippen molar-refractivity contribution in [3.05, 3.63) is 16.4 Å². The molecule has 6 nitrogen and oxygen atoms in total. The van der Waals surface area contributed by atoms with Crippen molar-refractivity contribution in [1.82, 2.24) is 10.2 Å². The summed E-state index contributed by atoms with van der Waals surface area (Å²) in [6, 6.07) is 0. The van der Waals surface area contributed by atoms with Crippen molar-refractivity contribution in [3.63, 3.8) is 0 Å². The second-order valence-corrected chi connectivity index (χ2v) is 2.75. The molecule has 13 heavy (non-hydrogen) atoms. The minimum Gasteiger partial charge on any atom is -0.476 e. The highest BCUT2D eigenvalue weighted by Gasteiger charge is 2.17. The fraction of sp³-hybridized carbons (Fsp3) is 0.167. The number of carbonyl (C=O) groups is 1. The van der Waals surface area contributed by atoms with E-state index in [1.165, 1.54) is 0 Å². The summed E-state index contributed by atoms with van der Waals surface area (Å²) < 4.78 is 0. The monoisotopic (exact) mass is 202 g/mol. The summed E-state index contributed by atoms with van der Waals surface area (Å²) >= 11 is 5.60. The number of hydrogen-bond acceptors (Lipinski definition) is 3. The number of nitrogens with zero attached hydrogens (tertiary/aromatic N) is 1. The van der Waals surface area contributed by atoms with E-state index in [9.17, 15) is 4.79 Å². The average Bonchev–Trinajstić information content (AvgIpc) is 2.32. The lowest BCUT2D eigenvalue weighted by molar-refractivity contribution is 0.0689. The molecule has 7 heteroatoms. The predicted octanol–water partition coefficient (Wildman–Crippen LogP) is 0.240. The lowest BCUT2D eigenvalue weighted by Gasteiger charge is -1.96. The van der Waals surface area contributed by atoms with Crippen LogP contribution in [-0.2, 0) is 6.42 Å². The van der Waals surface area contributed by atoms with Gasteiger partial charge in [-0.25, -0.2) is 4.79 Å². The van der Waals surface area contributed by atoms with Crippen LogP contribution < -0.4 is 5.73 Å². The maximum Gasteiger partial charge on any atom is 0.356 e. The summed E-state index contributed by atoms with van der Waals surface area (Å²) in [7, 11) is 0. The average molecular weight is 203 g/mol. The van der Waals surface area contributed by atoms with Crippen LogP contribution in [0.4, 0.5) is 0 Å². The number of aromatic carboxylic acids is 1. The number of halogens is 1. The molecule has 0 aliphatic heterocycles. The van der Waals surface area contributed by atoms with E-state index in [-0.39, 0.29) is 28.7 Å². The lowest BCUT2D eigenvalue weighted by Crippen LogP contribution is -2.14. The zero-order valence-corrected chi connectivity index (χ0v) is 7.22. The van der Waals surface area contributed by atoms with Crippen LogP contribution >= 0.6 is 11.6 Å². The Morgan fingerprint density at radius 3 is 2.85 bits per heavy atom. The van der Waals surface area contributed by atoms with Gasteiger partial charge in [0.2, 0.25) is 0 Å². The van der Waals surface area contributed by atoms with Gasteiger partial charge in [0.15, 0.2) is 5.69 Å². The first-order valence-corrected chi connectivity index (χ1v) is 3.69. The van der Waals surface area contributed by atoms with Gasteiger partial charge in [-0.2, -0.15) is 5.10 Å². The molecule has 1 rings (SSSR count). The number of nitrogens with one attached hydrogen (secondary N) is 2. The summed E-state index contributed by atoms with van der Waals surface area (Å²) in [5.74, 6) is -1.36. The number of hydrogen-bond donors (Lipinski definition) is 4. The van der Waals surface area contributed by atoms with E-state index >= 15 is 0 Å². The number of nitrogens with two attached hydrogens (primary N) is 1. The molecule has 70 valence electrons. The molecule has 0 aromatic carbocycles. The van der Waals surface area contributed by atoms with Crippen LogP contribution in [0.15, 0.2) is 0 Å². The molecule has 5 N–H and O–H groups in total. The van der Waals surface area contributed by atoms with Gasteiger partial charge < -0.3 is 10.8 Å². The van der Waals surface area contributed by atoms with Crippen molar-refractivity contribution >= 4 is 23.4 Å². The van der Waals surface area contributed by atoms with Gasteiger partial charge in [-0.1, -0.05) is 11.6 Å². The van der Waals surface area contributed by atoms with Crippen molar-refractivity contribution in [2.45, 2.75) is 6.42 Å². The maximum atomic E-state index is 10.6. The van der Waals surface area contributed by atoms with Crippen molar-refractivity contribution in [2.75, 3.05) is 0 Å². The Bertz CT molecular complexity index is 360. The minimum atomic E-state index is -1.20. The largest absolute Gasteiger partial charge is 0.476 e. The molecule has 0 unspecified atom stereocenters. The molecule has 0 bridgehead atoms. The van der Waals surface area contributed by atoms with Gasteiger partial charge in [0.25, 0.3) is 0 Å². The number of aromatic nitrogens is 2. The third kappa shape index (κ3) is 1.97. The Kier molecular flexibility index (Phi) is 2.52. The van der Waals surface area contributed by atoms with Gasteiger partial charge in [0.05, 0.1) is 5.84 Å². The molecule has 0 atom stereocenters. The second kappa shape index (κ2) is 3.44. The van der Waals surface area contributed by atoms with Gasteiger partial charge in [-0.15, -0.1) is 0 Å². The molecule has 0 saturated carbocycles. The Morgan fingerprint density at radius 1 is 1.77 bits per heavy atom. The number of carboxylic acids is 1. The van der Waals surface area contributed by atoms with E-state index in [4.69, 9.17) is 27.9 Å². The van der Waals surface area contributed by atoms with Gasteiger partial charge in [0, 0.05) is 12.0 Å². The van der Waals surface area contributed by atoms with Crippen LogP contribution in [0.1, 0.15) is 16.1 Å². The Balaban J connectivity index is 3.08. The van der Waals surface area contributed by atoms with Crippen molar-refractivity contribution in [3.8, 4) is 0 Å². The van der Waals surface area contributed by atoms with Crippen molar-refractivity contribution < 1.29 is 9.90 Å². The Morgan fingerprint density at radius 2 is 2.38 bits per heavy atom. The first-order chi connectivity index (χ1) is 6.02. The highest BCUT2D eigenvalue weighted by atomic mass is 35.5. The Hall–Kier alpha value is -1.56. The summed E-state index contributed by atoms with van der Waals surface area (Å²) in [6.45, 7) is 0. The zero-order chi connectivity index (χ0) is 10.0. The van der Waals surface area contributed by atoms with E-state index in [0.29, 0.717) is 0 Å². The standard InChI is InChI=1S/C6H7ClN4O2/c7-5-2(1-3(8)9)4(6(12)13)10-11-5/h1H2,(H3,8,9)(H,10,11)(H,12,13). The molecule has 0 saturated heterocycles. The molecule has 1 aromatic rings. The van der Waals surface area contributed by atoms with Crippen LogP contribution in [0.3, 0.4) is 0 Å². The topological polar surface area (TPSA) is 116 Å². The third-order valence-corrected chi connectivity index (χ3v) is 1.70. The highest BCUT2D eigenvalue weighted by Crippen LogP contribution is 2.16. The van der Waals surface area contributed by atoms with Gasteiger partial charge in [0.1, 0.15) is 5.15 Å². The predicted molar refractivity (Wildman–Crippen MR) is 46.2 cm³/mol. The minimum absolute atomic E-state index is 0.0169. The number of amidine groups is 1. The van der Waals surface area contributed by atoms with Crippen LogP contribution in [0, 0.1) is 5.41 Å². The summed E-state index contributed by atoms with van der Waals surface area (Å²) in [5, 5.41) is 21.5. The fourth-order valence-electron chi connectivity index (χ4n) is 0.873. The molecule has 0 amide bonds. The number of aromatic amines is 1. The van der Waals surface area contributed by atoms with Crippen molar-refractivity contribution in [2.24, 2.45) is 5.73 Å². The van der Waals surface area contributed by atoms with Gasteiger partial charge in [-0.05, 0) is 0 Å². The molecule has 0 aliphatic rings. The van der Waals surface area contributed by atoms with Crippen LogP contribution in [-0.4, -0.2) is 27.1 Å². The van der Waals surface area contributed by atoms with E-state index in [1.54, 1.807) is 0 Å². The van der Waals surface area contributed by atoms with Crippen LogP contribution in [0.2, 0.25) is 5.15 Å². The van der Waals surface area contributed by atoms with E-state index < -0.39 is 5.97 Å². The zero-order valence-electron chi connectivity index (χ0n) is 6.47. The smallest absolute Gasteiger partial charge is 0.356 e. The van der Waals surface area contributed by atoms with Crippen molar-refractivity contribution in [1.29, 1.82) is 5.41 Å². The molecule has 1 aromatic heterocycles. The number of H-pyrrole nitrogens is 1. The van der Waals surface area contributed by atoms with E-state index in [2.05, 4.69) is 10.2 Å². The normalized spacial score (nSPS) is 9.92. The quantitative estimate of drug-likeness (QED) is 0.415. The van der Waals surface area contributed by atoms with Crippen LogP contribution in [0.25, 0.3) is 0 Å². The molecule has 1 heterocycles. The van der Waals surface area contributed by atoms with E-state index in [1.807, 2.05) is 0 Å². The molecule has 0 aliphatic carbocycles. The molecular weight excluding hydrogens is 196 g/mol.